The summed E-state index contributed by atoms with van der Waals surface area (Å²) in [5.74, 6) is -0.444. The van der Waals surface area contributed by atoms with E-state index in [1.807, 2.05) is 30.3 Å². The summed E-state index contributed by atoms with van der Waals surface area (Å²) in [6.45, 7) is 0. The van der Waals surface area contributed by atoms with Crippen molar-refractivity contribution >= 4 is 5.97 Å². The summed E-state index contributed by atoms with van der Waals surface area (Å²) in [5.41, 5.74) is 2.87. The molecule has 0 saturated heterocycles. The maximum Gasteiger partial charge on any atom is 0.337 e. The predicted molar refractivity (Wildman–Crippen MR) is 117 cm³/mol. The average Bonchev–Trinajstić information content (AvgIpc) is 3.52. The van der Waals surface area contributed by atoms with Crippen molar-refractivity contribution in [3.8, 4) is 39.9 Å². The lowest BCUT2D eigenvalue weighted by Gasteiger charge is -2.08. The first-order chi connectivity index (χ1) is 16.2. The summed E-state index contributed by atoms with van der Waals surface area (Å²) in [6.07, 6.45) is 0. The Morgan fingerprint density at radius 2 is 1.67 bits per heavy atom. The van der Waals surface area contributed by atoms with Crippen LogP contribution < -0.4 is 0 Å². The molecule has 0 fully saturated rings. The highest BCUT2D eigenvalue weighted by molar-refractivity contribution is 5.89. The van der Waals surface area contributed by atoms with Gasteiger partial charge in [0.25, 0.3) is 5.89 Å². The standard InChI is InChI=1S/C24H16FN5O3/c1-32-24(31)17-13-11-16(12-14-17)22-26-23(33-28-22)20-21(15-7-3-2-4-8-15)30(29-27-20)19-10-6-5-9-18(19)25/h2-14H,1H3. The van der Waals surface area contributed by atoms with Gasteiger partial charge in [0.15, 0.2) is 5.69 Å². The number of hydrogen-bond donors (Lipinski definition) is 0. The van der Waals surface area contributed by atoms with Crippen molar-refractivity contribution < 1.29 is 18.4 Å². The van der Waals surface area contributed by atoms with Crippen LogP contribution in [0.5, 0.6) is 0 Å². The van der Waals surface area contributed by atoms with Crippen LogP contribution in [0.3, 0.4) is 0 Å². The SMILES string of the molecule is COC(=O)c1ccc(-c2noc(-c3nnn(-c4ccccc4F)c3-c3ccccc3)n2)cc1. The number of rotatable bonds is 5. The van der Waals surface area contributed by atoms with Gasteiger partial charge in [-0.3, -0.25) is 0 Å². The minimum atomic E-state index is -0.442. The van der Waals surface area contributed by atoms with Gasteiger partial charge < -0.3 is 9.26 Å². The lowest BCUT2D eigenvalue weighted by Crippen LogP contribution is -2.02. The number of para-hydroxylation sites is 1. The summed E-state index contributed by atoms with van der Waals surface area (Å²) in [4.78, 5) is 16.1. The molecule has 5 rings (SSSR count). The molecule has 2 heterocycles. The molecule has 0 N–H and O–H groups in total. The van der Waals surface area contributed by atoms with Crippen molar-refractivity contribution in [1.82, 2.24) is 25.1 Å². The zero-order valence-corrected chi connectivity index (χ0v) is 17.3. The third-order valence-electron chi connectivity index (χ3n) is 4.99. The van der Waals surface area contributed by atoms with E-state index in [4.69, 9.17) is 9.26 Å². The van der Waals surface area contributed by atoms with Crippen LogP contribution in [0.1, 0.15) is 10.4 Å². The molecule has 0 atom stereocenters. The van der Waals surface area contributed by atoms with Crippen LogP contribution in [0.2, 0.25) is 0 Å². The number of aromatic nitrogens is 5. The minimum absolute atomic E-state index is 0.128. The summed E-state index contributed by atoms with van der Waals surface area (Å²) < 4.78 is 26.2. The van der Waals surface area contributed by atoms with E-state index in [1.54, 1.807) is 42.5 Å². The maximum atomic E-state index is 14.6. The van der Waals surface area contributed by atoms with Gasteiger partial charge in [-0.1, -0.05) is 65.0 Å². The summed E-state index contributed by atoms with van der Waals surface area (Å²) in [5, 5.41) is 12.4. The third kappa shape index (κ3) is 3.76. The molecule has 0 radical (unpaired) electrons. The van der Waals surface area contributed by atoms with Gasteiger partial charge in [-0.2, -0.15) is 4.98 Å². The van der Waals surface area contributed by atoms with Crippen molar-refractivity contribution in [2.75, 3.05) is 7.11 Å². The Labute approximate surface area is 187 Å². The van der Waals surface area contributed by atoms with Crippen LogP contribution in [0.4, 0.5) is 4.39 Å². The first-order valence-electron chi connectivity index (χ1n) is 9.94. The molecule has 0 aliphatic carbocycles. The highest BCUT2D eigenvalue weighted by atomic mass is 19.1. The van der Waals surface area contributed by atoms with Crippen molar-refractivity contribution in [2.45, 2.75) is 0 Å². The molecule has 0 spiro atoms. The maximum absolute atomic E-state index is 14.6. The molecule has 0 saturated carbocycles. The van der Waals surface area contributed by atoms with Crippen LogP contribution in [0.25, 0.3) is 39.9 Å². The van der Waals surface area contributed by atoms with E-state index < -0.39 is 11.8 Å². The van der Waals surface area contributed by atoms with Crippen molar-refractivity contribution in [2.24, 2.45) is 0 Å². The molecule has 2 aromatic heterocycles. The van der Waals surface area contributed by atoms with Gasteiger partial charge in [0.2, 0.25) is 5.82 Å². The largest absolute Gasteiger partial charge is 0.465 e. The summed E-state index contributed by atoms with van der Waals surface area (Å²) in [7, 11) is 1.32. The molecule has 0 amide bonds. The Hall–Kier alpha value is -4.66. The molecule has 33 heavy (non-hydrogen) atoms. The van der Waals surface area contributed by atoms with Crippen molar-refractivity contribution in [1.29, 1.82) is 0 Å². The third-order valence-corrected chi connectivity index (χ3v) is 4.99. The van der Waals surface area contributed by atoms with E-state index in [1.165, 1.54) is 17.9 Å². The Kier molecular flexibility index (Phi) is 5.19. The first kappa shape index (κ1) is 20.3. The second-order valence-corrected chi connectivity index (χ2v) is 7.01. The van der Waals surface area contributed by atoms with Crippen LogP contribution in [-0.2, 0) is 4.74 Å². The predicted octanol–water partition coefficient (Wildman–Crippen LogP) is 4.58. The van der Waals surface area contributed by atoms with Crippen LogP contribution in [0.15, 0.2) is 83.4 Å². The summed E-state index contributed by atoms with van der Waals surface area (Å²) >= 11 is 0. The molecule has 9 heteroatoms. The van der Waals surface area contributed by atoms with E-state index in [9.17, 15) is 9.18 Å². The molecule has 0 aliphatic rings. The number of benzene rings is 3. The zero-order chi connectivity index (χ0) is 22.8. The van der Waals surface area contributed by atoms with Gasteiger partial charge in [0.05, 0.1) is 12.7 Å². The quantitative estimate of drug-likeness (QED) is 0.369. The smallest absolute Gasteiger partial charge is 0.337 e. The summed E-state index contributed by atoms with van der Waals surface area (Å²) in [6, 6.07) is 22.2. The lowest BCUT2D eigenvalue weighted by molar-refractivity contribution is 0.0600. The highest BCUT2D eigenvalue weighted by Crippen LogP contribution is 2.32. The van der Waals surface area contributed by atoms with Crippen molar-refractivity contribution in [3.05, 3.63) is 90.2 Å². The number of halogens is 1. The highest BCUT2D eigenvalue weighted by Gasteiger charge is 2.24. The molecule has 0 aliphatic heterocycles. The second-order valence-electron chi connectivity index (χ2n) is 7.01. The topological polar surface area (TPSA) is 95.9 Å². The van der Waals surface area contributed by atoms with Gasteiger partial charge in [0.1, 0.15) is 17.2 Å². The zero-order valence-electron chi connectivity index (χ0n) is 17.3. The molecule has 0 bridgehead atoms. The lowest BCUT2D eigenvalue weighted by atomic mass is 10.1. The number of nitrogens with zero attached hydrogens (tertiary/aromatic N) is 5. The second kappa shape index (κ2) is 8.46. The van der Waals surface area contributed by atoms with Gasteiger partial charge in [-0.05, 0) is 24.3 Å². The number of hydrogen-bond acceptors (Lipinski definition) is 7. The van der Waals surface area contributed by atoms with E-state index in [2.05, 4.69) is 20.5 Å². The number of carbonyl (C=O) groups is 1. The van der Waals surface area contributed by atoms with Crippen LogP contribution in [-0.4, -0.2) is 38.2 Å². The monoisotopic (exact) mass is 441 g/mol. The number of ether oxygens (including phenoxy) is 1. The minimum Gasteiger partial charge on any atom is -0.465 e. The molecule has 162 valence electrons. The van der Waals surface area contributed by atoms with Crippen LogP contribution >= 0.6 is 0 Å². The van der Waals surface area contributed by atoms with Crippen LogP contribution in [0, 0.1) is 5.82 Å². The first-order valence-corrected chi connectivity index (χ1v) is 9.94. The molecular formula is C24H16FN5O3. The Morgan fingerprint density at radius 3 is 2.39 bits per heavy atom. The normalized spacial score (nSPS) is 10.8. The Balaban J connectivity index is 1.59. The fourth-order valence-electron chi connectivity index (χ4n) is 3.38. The van der Waals surface area contributed by atoms with Crippen molar-refractivity contribution in [3.63, 3.8) is 0 Å². The van der Waals surface area contributed by atoms with Gasteiger partial charge >= 0.3 is 5.97 Å². The van der Waals surface area contributed by atoms with Gasteiger partial charge in [-0.15, -0.1) is 5.10 Å². The number of esters is 1. The fourth-order valence-corrected chi connectivity index (χ4v) is 3.38. The van der Waals surface area contributed by atoms with E-state index in [-0.39, 0.29) is 11.6 Å². The van der Waals surface area contributed by atoms with E-state index in [0.717, 1.165) is 5.56 Å². The van der Waals surface area contributed by atoms with E-state index >= 15 is 0 Å². The molecule has 5 aromatic rings. The Morgan fingerprint density at radius 1 is 0.939 bits per heavy atom. The number of carbonyl (C=O) groups excluding carboxylic acids is 1. The van der Waals surface area contributed by atoms with E-state index in [0.29, 0.717) is 28.3 Å². The molecule has 3 aromatic carbocycles. The average molecular weight is 441 g/mol. The molecule has 0 unspecified atom stereocenters. The van der Waals surface area contributed by atoms with Gasteiger partial charge in [0, 0.05) is 11.1 Å². The molecule has 8 nitrogen and oxygen atoms in total. The number of methoxy groups -OCH3 is 1. The van der Waals surface area contributed by atoms with Gasteiger partial charge in [-0.25, -0.2) is 13.9 Å². The molecular weight excluding hydrogens is 425 g/mol. The Bertz CT molecular complexity index is 1430. The fraction of sp³-hybridized carbons (Fsp3) is 0.0417.